The van der Waals surface area contributed by atoms with Crippen molar-refractivity contribution in [2.75, 3.05) is 20.4 Å². The molecule has 1 saturated heterocycles. The minimum atomic E-state index is -3.32. The largest absolute Gasteiger partial charge is 0.393 e. The Morgan fingerprint density at radius 2 is 1.79 bits per heavy atom. The number of benzene rings is 2. The number of aliphatic hydroxyl groups is 2. The number of rotatable bonds is 2. The Morgan fingerprint density at radius 3 is 2.42 bits per heavy atom. The van der Waals surface area contributed by atoms with Crippen LogP contribution in [0.25, 0.3) is 11.1 Å². The van der Waals surface area contributed by atoms with Gasteiger partial charge in [0.25, 0.3) is 0 Å². The van der Waals surface area contributed by atoms with E-state index in [0.717, 1.165) is 36.0 Å². The molecule has 5 rings (SSSR count). The SMILES string of the molecule is CN=C1NC2(c3cc(-c4cccc(S(C)(=O)=O)c4)ccc3CC23CCC(O)CC3)C(O)N1C. The van der Waals surface area contributed by atoms with Gasteiger partial charge in [0.2, 0.25) is 0 Å². The number of hydrogen-bond acceptors (Lipinski definition) is 5. The lowest BCUT2D eigenvalue weighted by atomic mass is 9.61. The molecular formula is C25H31N3O4S. The van der Waals surface area contributed by atoms with E-state index < -0.39 is 21.6 Å². The van der Waals surface area contributed by atoms with E-state index in [1.807, 2.05) is 19.2 Å². The van der Waals surface area contributed by atoms with E-state index in [2.05, 4.69) is 22.4 Å². The van der Waals surface area contributed by atoms with Gasteiger partial charge in [-0.25, -0.2) is 8.42 Å². The van der Waals surface area contributed by atoms with Crippen molar-refractivity contribution >= 4 is 15.8 Å². The summed E-state index contributed by atoms with van der Waals surface area (Å²) in [4.78, 5) is 6.45. The third-order valence-corrected chi connectivity index (χ3v) is 9.13. The van der Waals surface area contributed by atoms with E-state index in [4.69, 9.17) is 0 Å². The van der Waals surface area contributed by atoms with E-state index in [-0.39, 0.29) is 16.4 Å². The van der Waals surface area contributed by atoms with Crippen molar-refractivity contribution in [3.63, 3.8) is 0 Å². The molecule has 176 valence electrons. The van der Waals surface area contributed by atoms with E-state index in [0.29, 0.717) is 18.8 Å². The summed E-state index contributed by atoms with van der Waals surface area (Å²) in [5.74, 6) is 0.644. The van der Waals surface area contributed by atoms with Crippen LogP contribution < -0.4 is 5.32 Å². The lowest BCUT2D eigenvalue weighted by Gasteiger charge is -2.49. The van der Waals surface area contributed by atoms with Gasteiger partial charge in [0.1, 0.15) is 5.54 Å². The maximum absolute atomic E-state index is 12.1. The zero-order valence-electron chi connectivity index (χ0n) is 19.2. The summed E-state index contributed by atoms with van der Waals surface area (Å²) < 4.78 is 24.2. The van der Waals surface area contributed by atoms with E-state index in [9.17, 15) is 18.6 Å². The number of hydrogen-bond donors (Lipinski definition) is 3. The first-order chi connectivity index (χ1) is 15.6. The van der Waals surface area contributed by atoms with Gasteiger partial charge in [-0.1, -0.05) is 24.3 Å². The molecule has 0 aromatic heterocycles. The molecule has 2 aliphatic carbocycles. The van der Waals surface area contributed by atoms with Crippen LogP contribution in [-0.4, -0.2) is 62.2 Å². The van der Waals surface area contributed by atoms with Crippen LogP contribution in [0.15, 0.2) is 52.4 Å². The molecule has 2 unspecified atom stereocenters. The molecule has 1 aliphatic heterocycles. The Balaban J connectivity index is 1.68. The summed E-state index contributed by atoms with van der Waals surface area (Å²) in [6.45, 7) is 0. The highest BCUT2D eigenvalue weighted by Crippen LogP contribution is 2.61. The van der Waals surface area contributed by atoms with Gasteiger partial charge in [-0.15, -0.1) is 0 Å². The molecule has 0 amide bonds. The van der Waals surface area contributed by atoms with Crippen LogP contribution in [0.5, 0.6) is 0 Å². The van der Waals surface area contributed by atoms with Crippen LogP contribution in [0.4, 0.5) is 0 Å². The molecule has 3 N–H and O–H groups in total. The number of nitrogens with one attached hydrogen (secondary N) is 1. The van der Waals surface area contributed by atoms with Crippen molar-refractivity contribution in [3.8, 4) is 11.1 Å². The first-order valence-corrected chi connectivity index (χ1v) is 13.3. The number of aliphatic hydroxyl groups excluding tert-OH is 2. The Bertz CT molecular complexity index is 1230. The third-order valence-electron chi connectivity index (χ3n) is 8.02. The Kier molecular flexibility index (Phi) is 5.12. The number of guanidine groups is 1. The molecule has 1 heterocycles. The van der Waals surface area contributed by atoms with Gasteiger partial charge in [-0.05, 0) is 72.6 Å². The summed E-state index contributed by atoms with van der Waals surface area (Å²) in [5.41, 5.74) is 2.93. The quantitative estimate of drug-likeness (QED) is 0.624. The van der Waals surface area contributed by atoms with Crippen molar-refractivity contribution in [1.82, 2.24) is 10.2 Å². The molecule has 2 aromatic carbocycles. The second kappa shape index (κ2) is 7.55. The van der Waals surface area contributed by atoms with Crippen molar-refractivity contribution in [1.29, 1.82) is 0 Å². The number of fused-ring (bicyclic) bond motifs is 3. The van der Waals surface area contributed by atoms with Crippen LogP contribution >= 0.6 is 0 Å². The molecule has 8 heteroatoms. The van der Waals surface area contributed by atoms with Crippen LogP contribution in [0.2, 0.25) is 0 Å². The maximum atomic E-state index is 12.1. The molecule has 2 aromatic rings. The summed E-state index contributed by atoms with van der Waals surface area (Å²) >= 11 is 0. The fourth-order valence-corrected chi connectivity index (χ4v) is 6.93. The predicted octanol–water partition coefficient (Wildman–Crippen LogP) is 2.27. The Hall–Kier alpha value is -2.42. The van der Waals surface area contributed by atoms with Crippen molar-refractivity contribution in [2.24, 2.45) is 10.4 Å². The van der Waals surface area contributed by atoms with Crippen molar-refractivity contribution in [3.05, 3.63) is 53.6 Å². The van der Waals surface area contributed by atoms with Gasteiger partial charge in [0, 0.05) is 25.8 Å². The number of likely N-dealkylation sites (N-methyl/N-ethyl adjacent to an activating group) is 1. The van der Waals surface area contributed by atoms with Gasteiger partial charge in [-0.3, -0.25) is 4.99 Å². The topological polar surface area (TPSA) is 102 Å². The molecule has 33 heavy (non-hydrogen) atoms. The van der Waals surface area contributed by atoms with Crippen LogP contribution in [-0.2, 0) is 21.8 Å². The van der Waals surface area contributed by atoms with Gasteiger partial charge in [0.15, 0.2) is 22.0 Å². The standard InChI is InChI=1S/C25H31N3O4S/c1-26-23-27-25(22(30)28(23)2)21-14-17(16-5-4-6-20(13-16)33(3,31)32)7-8-18(21)15-24(25)11-9-19(29)10-12-24/h4-8,13-14,19,22,29-30H,9-12,15H2,1-3H3,(H,26,27). The summed E-state index contributed by atoms with van der Waals surface area (Å²) in [6, 6.07) is 13.2. The minimum Gasteiger partial charge on any atom is -0.393 e. The summed E-state index contributed by atoms with van der Waals surface area (Å²) in [7, 11) is 0.238. The number of nitrogens with zero attached hydrogens (tertiary/aromatic N) is 2. The molecule has 3 aliphatic rings. The highest BCUT2D eigenvalue weighted by Gasteiger charge is 2.66. The molecule has 2 fully saturated rings. The first kappa shape index (κ1) is 22.4. The average Bonchev–Trinajstić information content (AvgIpc) is 3.22. The van der Waals surface area contributed by atoms with Crippen molar-refractivity contribution in [2.45, 2.75) is 54.9 Å². The van der Waals surface area contributed by atoms with Gasteiger partial charge >= 0.3 is 0 Å². The lowest BCUT2D eigenvalue weighted by Crippen LogP contribution is -2.58. The maximum Gasteiger partial charge on any atom is 0.196 e. The lowest BCUT2D eigenvalue weighted by molar-refractivity contribution is -0.0758. The summed E-state index contributed by atoms with van der Waals surface area (Å²) in [5, 5.41) is 25.5. The molecule has 7 nitrogen and oxygen atoms in total. The molecule has 0 radical (unpaired) electrons. The molecule has 0 bridgehead atoms. The van der Waals surface area contributed by atoms with E-state index >= 15 is 0 Å². The first-order valence-electron chi connectivity index (χ1n) is 11.4. The van der Waals surface area contributed by atoms with Crippen LogP contribution in [0.1, 0.15) is 36.8 Å². The minimum absolute atomic E-state index is 0.248. The second-order valence-electron chi connectivity index (χ2n) is 9.83. The molecular weight excluding hydrogens is 438 g/mol. The monoisotopic (exact) mass is 469 g/mol. The average molecular weight is 470 g/mol. The summed E-state index contributed by atoms with van der Waals surface area (Å²) in [6.07, 6.45) is 3.92. The third kappa shape index (κ3) is 3.22. The van der Waals surface area contributed by atoms with Crippen LogP contribution in [0, 0.1) is 5.41 Å². The van der Waals surface area contributed by atoms with Gasteiger partial charge < -0.3 is 20.4 Å². The van der Waals surface area contributed by atoms with E-state index in [1.165, 1.54) is 11.8 Å². The molecule has 2 spiro atoms. The highest BCUT2D eigenvalue weighted by molar-refractivity contribution is 7.90. The zero-order valence-corrected chi connectivity index (χ0v) is 20.1. The zero-order chi connectivity index (χ0) is 23.6. The number of aliphatic imine (C=N–C) groups is 1. The highest BCUT2D eigenvalue weighted by atomic mass is 32.2. The van der Waals surface area contributed by atoms with Gasteiger partial charge in [-0.2, -0.15) is 0 Å². The predicted molar refractivity (Wildman–Crippen MR) is 128 cm³/mol. The smallest absolute Gasteiger partial charge is 0.196 e. The Labute approximate surface area is 195 Å². The fourth-order valence-electron chi connectivity index (χ4n) is 6.26. The Morgan fingerprint density at radius 1 is 1.09 bits per heavy atom. The fraction of sp³-hybridized carbons (Fsp3) is 0.480. The normalized spacial score (nSPS) is 32.5. The van der Waals surface area contributed by atoms with E-state index in [1.54, 1.807) is 30.1 Å². The number of sulfone groups is 1. The molecule has 1 saturated carbocycles. The van der Waals surface area contributed by atoms with Crippen molar-refractivity contribution < 1.29 is 18.6 Å². The van der Waals surface area contributed by atoms with Gasteiger partial charge in [0.05, 0.1) is 11.0 Å². The van der Waals surface area contributed by atoms with Crippen LogP contribution in [0.3, 0.4) is 0 Å². The molecule has 2 atom stereocenters. The second-order valence-corrected chi connectivity index (χ2v) is 11.8.